The highest BCUT2D eigenvalue weighted by Crippen LogP contribution is 2.38. The van der Waals surface area contributed by atoms with Gasteiger partial charge in [-0.1, -0.05) is 54.6 Å². The predicted octanol–water partition coefficient (Wildman–Crippen LogP) is 4.72. The number of hydrogen-bond donors (Lipinski definition) is 2. The van der Waals surface area contributed by atoms with Gasteiger partial charge in [-0.15, -0.1) is 0 Å². The van der Waals surface area contributed by atoms with Crippen molar-refractivity contribution in [1.82, 2.24) is 0 Å². The third kappa shape index (κ3) is 3.95. The first kappa shape index (κ1) is 20.1. The maximum Gasteiger partial charge on any atom is 0.418 e. The summed E-state index contributed by atoms with van der Waals surface area (Å²) in [4.78, 5) is 14.1. The minimum Gasteiger partial charge on any atom is -0.452 e. The fourth-order valence-electron chi connectivity index (χ4n) is 4.19. The lowest BCUT2D eigenvalue weighted by molar-refractivity contribution is 0.0126. The van der Waals surface area contributed by atoms with Gasteiger partial charge in [-0.25, -0.2) is 9.69 Å². The van der Waals surface area contributed by atoms with Crippen molar-refractivity contribution in [2.24, 2.45) is 0 Å². The number of aliphatic hydroxyl groups excluding tert-OH is 2. The average molecular weight is 403 g/mol. The second kappa shape index (κ2) is 8.69. The van der Waals surface area contributed by atoms with Crippen molar-refractivity contribution in [3.8, 4) is 0 Å². The number of ether oxygens (including phenoxy) is 1. The maximum absolute atomic E-state index is 12.5. The number of methoxy groups -OCH3 is 1. The van der Waals surface area contributed by atoms with Gasteiger partial charge < -0.3 is 14.9 Å². The van der Waals surface area contributed by atoms with Gasteiger partial charge in [0.2, 0.25) is 0 Å². The molecule has 0 fully saturated rings. The molecule has 1 aliphatic rings. The molecule has 3 atom stereocenters. The summed E-state index contributed by atoms with van der Waals surface area (Å²) < 4.78 is 5.02. The largest absolute Gasteiger partial charge is 0.452 e. The van der Waals surface area contributed by atoms with E-state index < -0.39 is 18.3 Å². The lowest BCUT2D eigenvalue weighted by Crippen LogP contribution is -2.25. The third-order valence-corrected chi connectivity index (χ3v) is 5.70. The SMILES string of the molecule is COC(=O)N(c1ccccc1)c1cccc(C2Cc3ccccc3C(O)C(O)C2)c1. The quantitative estimate of drug-likeness (QED) is 0.621. The van der Waals surface area contributed by atoms with Gasteiger partial charge in [0.1, 0.15) is 6.10 Å². The molecule has 0 aliphatic heterocycles. The van der Waals surface area contributed by atoms with Gasteiger partial charge >= 0.3 is 6.09 Å². The number of hydrogen-bond acceptors (Lipinski definition) is 4. The first-order valence-corrected chi connectivity index (χ1v) is 10.1. The van der Waals surface area contributed by atoms with Gasteiger partial charge in [-0.05, 0) is 59.7 Å². The molecule has 3 unspecified atom stereocenters. The Labute approximate surface area is 176 Å². The van der Waals surface area contributed by atoms with Crippen molar-refractivity contribution >= 4 is 17.5 Å². The standard InChI is InChI=1S/C25H25NO4/c1-30-25(29)26(20-10-3-2-4-11-20)21-12-7-9-17(15-21)19-14-18-8-5-6-13-22(18)24(28)23(27)16-19/h2-13,15,19,23-24,27-28H,14,16H2,1H3. The van der Waals surface area contributed by atoms with Crippen molar-refractivity contribution in [2.45, 2.75) is 31.0 Å². The van der Waals surface area contributed by atoms with Crippen molar-refractivity contribution in [3.63, 3.8) is 0 Å². The van der Waals surface area contributed by atoms with Crippen LogP contribution < -0.4 is 4.90 Å². The molecule has 0 saturated heterocycles. The molecule has 154 valence electrons. The van der Waals surface area contributed by atoms with Crippen LogP contribution in [0.3, 0.4) is 0 Å². The summed E-state index contributed by atoms with van der Waals surface area (Å²) in [6.07, 6.45) is -1.08. The normalized spacial score (nSPS) is 20.7. The first-order chi connectivity index (χ1) is 14.6. The Morgan fingerprint density at radius 1 is 0.933 bits per heavy atom. The summed E-state index contributed by atoms with van der Waals surface area (Å²) in [6, 6.07) is 24.8. The number of carbonyl (C=O) groups excluding carboxylic acids is 1. The minimum absolute atomic E-state index is 0.00789. The zero-order valence-corrected chi connectivity index (χ0v) is 16.8. The Kier molecular flexibility index (Phi) is 5.84. The zero-order valence-electron chi connectivity index (χ0n) is 16.8. The summed E-state index contributed by atoms with van der Waals surface area (Å²) in [5.74, 6) is 0.00789. The van der Waals surface area contributed by atoms with Gasteiger partial charge in [0.05, 0.1) is 24.6 Å². The summed E-state index contributed by atoms with van der Waals surface area (Å²) >= 11 is 0. The molecule has 3 aromatic rings. The Bertz CT molecular complexity index is 1020. The monoisotopic (exact) mass is 403 g/mol. The molecule has 5 nitrogen and oxygen atoms in total. The van der Waals surface area contributed by atoms with E-state index in [1.165, 1.54) is 12.0 Å². The third-order valence-electron chi connectivity index (χ3n) is 5.70. The molecule has 30 heavy (non-hydrogen) atoms. The molecule has 1 amide bonds. The molecule has 4 rings (SSSR count). The van der Waals surface area contributed by atoms with Crippen LogP contribution in [0, 0.1) is 0 Å². The van der Waals surface area contributed by atoms with Gasteiger partial charge in [0.15, 0.2) is 0 Å². The first-order valence-electron chi connectivity index (χ1n) is 10.1. The number of anilines is 2. The molecule has 0 radical (unpaired) electrons. The molecule has 0 aromatic heterocycles. The molecule has 0 heterocycles. The topological polar surface area (TPSA) is 70.0 Å². The van der Waals surface area contributed by atoms with Crippen LogP contribution >= 0.6 is 0 Å². The summed E-state index contributed by atoms with van der Waals surface area (Å²) in [5, 5.41) is 21.1. The van der Waals surface area contributed by atoms with E-state index in [1.54, 1.807) is 0 Å². The van der Waals surface area contributed by atoms with Crippen LogP contribution in [0.25, 0.3) is 0 Å². The summed E-state index contributed by atoms with van der Waals surface area (Å²) in [6.45, 7) is 0. The summed E-state index contributed by atoms with van der Waals surface area (Å²) in [7, 11) is 1.36. The number of carbonyl (C=O) groups is 1. The van der Waals surface area contributed by atoms with Gasteiger partial charge in [0.25, 0.3) is 0 Å². The highest BCUT2D eigenvalue weighted by molar-refractivity contribution is 5.96. The Hall–Kier alpha value is -3.15. The number of nitrogens with zero attached hydrogens (tertiary/aromatic N) is 1. The smallest absolute Gasteiger partial charge is 0.418 e. The number of amides is 1. The van der Waals surface area contributed by atoms with E-state index in [1.807, 2.05) is 78.9 Å². The van der Waals surface area contributed by atoms with E-state index in [4.69, 9.17) is 4.74 Å². The fraction of sp³-hybridized carbons (Fsp3) is 0.240. The molecule has 5 heteroatoms. The van der Waals surface area contributed by atoms with Gasteiger partial charge in [0, 0.05) is 0 Å². The molecular formula is C25H25NO4. The van der Waals surface area contributed by atoms with E-state index >= 15 is 0 Å². The molecule has 3 aromatic carbocycles. The molecule has 0 spiro atoms. The van der Waals surface area contributed by atoms with Crippen LogP contribution in [0.1, 0.15) is 35.1 Å². The van der Waals surface area contributed by atoms with E-state index in [2.05, 4.69) is 0 Å². The highest BCUT2D eigenvalue weighted by Gasteiger charge is 2.30. The number of benzene rings is 3. The molecule has 2 N–H and O–H groups in total. The summed E-state index contributed by atoms with van der Waals surface area (Å²) in [5.41, 5.74) is 4.22. The Balaban J connectivity index is 1.71. The molecule has 1 aliphatic carbocycles. The molecule has 0 bridgehead atoms. The van der Waals surface area contributed by atoms with E-state index in [0.29, 0.717) is 24.2 Å². The van der Waals surface area contributed by atoms with E-state index in [9.17, 15) is 15.0 Å². The molecular weight excluding hydrogens is 378 g/mol. The van der Waals surface area contributed by atoms with Gasteiger partial charge in [-0.3, -0.25) is 0 Å². The van der Waals surface area contributed by atoms with Crippen LogP contribution in [0.4, 0.5) is 16.2 Å². The molecule has 0 saturated carbocycles. The highest BCUT2D eigenvalue weighted by atomic mass is 16.5. The number of para-hydroxylation sites is 1. The average Bonchev–Trinajstić information content (AvgIpc) is 2.91. The Morgan fingerprint density at radius 3 is 2.40 bits per heavy atom. The second-order valence-electron chi connectivity index (χ2n) is 7.58. The maximum atomic E-state index is 12.5. The zero-order chi connectivity index (χ0) is 21.1. The van der Waals surface area contributed by atoms with Crippen LogP contribution in [0.15, 0.2) is 78.9 Å². The Morgan fingerprint density at radius 2 is 1.63 bits per heavy atom. The van der Waals surface area contributed by atoms with Crippen LogP contribution in [0.2, 0.25) is 0 Å². The van der Waals surface area contributed by atoms with Crippen molar-refractivity contribution in [2.75, 3.05) is 12.0 Å². The lowest BCUT2D eigenvalue weighted by atomic mass is 9.89. The van der Waals surface area contributed by atoms with Crippen LogP contribution in [-0.2, 0) is 11.2 Å². The predicted molar refractivity (Wildman–Crippen MR) is 116 cm³/mol. The lowest BCUT2D eigenvalue weighted by Gasteiger charge is -2.24. The number of fused-ring (bicyclic) bond motifs is 1. The van der Waals surface area contributed by atoms with E-state index in [-0.39, 0.29) is 5.92 Å². The van der Waals surface area contributed by atoms with Gasteiger partial charge in [-0.2, -0.15) is 0 Å². The van der Waals surface area contributed by atoms with Crippen molar-refractivity contribution < 1.29 is 19.7 Å². The number of rotatable bonds is 3. The van der Waals surface area contributed by atoms with Crippen molar-refractivity contribution in [1.29, 1.82) is 0 Å². The number of aliphatic hydroxyl groups is 2. The van der Waals surface area contributed by atoms with Crippen LogP contribution in [-0.4, -0.2) is 29.5 Å². The fourth-order valence-corrected chi connectivity index (χ4v) is 4.19. The van der Waals surface area contributed by atoms with Crippen LogP contribution in [0.5, 0.6) is 0 Å². The van der Waals surface area contributed by atoms with E-state index in [0.717, 1.165) is 16.7 Å². The van der Waals surface area contributed by atoms with Crippen molar-refractivity contribution in [3.05, 3.63) is 95.6 Å². The minimum atomic E-state index is -0.898. The second-order valence-corrected chi connectivity index (χ2v) is 7.58.